The van der Waals surface area contributed by atoms with E-state index in [9.17, 15) is 14.7 Å². The number of hydrogen-bond donors (Lipinski definition) is 1. The van der Waals surface area contributed by atoms with E-state index in [0.717, 1.165) is 25.8 Å². The summed E-state index contributed by atoms with van der Waals surface area (Å²) in [7, 11) is 0. The van der Waals surface area contributed by atoms with Gasteiger partial charge in [-0.1, -0.05) is 0 Å². The van der Waals surface area contributed by atoms with E-state index >= 15 is 0 Å². The molecule has 0 amide bonds. The fourth-order valence-electron chi connectivity index (χ4n) is 2.06. The minimum absolute atomic E-state index is 0.238. The van der Waals surface area contributed by atoms with Crippen LogP contribution in [0.15, 0.2) is 9.59 Å². The summed E-state index contributed by atoms with van der Waals surface area (Å²) in [4.78, 5) is 23.9. The molecule has 0 unspecified atom stereocenters. The molecule has 2 rings (SSSR count). The summed E-state index contributed by atoms with van der Waals surface area (Å²) in [5.74, 6) is -0.344. The Hall–Kier alpha value is -1.32. The van der Waals surface area contributed by atoms with Crippen molar-refractivity contribution in [2.75, 3.05) is 11.4 Å². The highest BCUT2D eigenvalue weighted by molar-refractivity contribution is 5.63. The Morgan fingerprint density at radius 3 is 2.57 bits per heavy atom. The van der Waals surface area contributed by atoms with E-state index in [2.05, 4.69) is 0 Å². The smallest absolute Gasteiger partial charge is 0.271 e. The fraction of sp³-hybridized carbons (Fsp3) is 0.600. The predicted octanol–water partition coefficient (Wildman–Crippen LogP) is 0.367. The van der Waals surface area contributed by atoms with Gasteiger partial charge < -0.3 is 10.0 Å². The normalized spacial score (nSPS) is 22.9. The van der Waals surface area contributed by atoms with E-state index in [1.165, 1.54) is 0 Å². The van der Waals surface area contributed by atoms with Crippen LogP contribution >= 0.6 is 0 Å². The second kappa shape index (κ2) is 3.12. The van der Waals surface area contributed by atoms with Crippen LogP contribution in [0.25, 0.3) is 0 Å². The molecule has 1 aliphatic rings. The van der Waals surface area contributed by atoms with E-state index < -0.39 is 10.9 Å². The van der Waals surface area contributed by atoms with Gasteiger partial charge in [0.2, 0.25) is 0 Å². The van der Waals surface area contributed by atoms with Crippen LogP contribution in [0.5, 0.6) is 5.75 Å². The van der Waals surface area contributed by atoms with E-state index in [1.54, 1.807) is 0 Å². The first-order valence-electron chi connectivity index (χ1n) is 4.92. The molecule has 1 aliphatic heterocycles. The second-order valence-corrected chi connectivity index (χ2v) is 3.89. The largest absolute Gasteiger partial charge is 0.502 e. The van der Waals surface area contributed by atoms with Gasteiger partial charge in [0.15, 0.2) is 5.75 Å². The maximum atomic E-state index is 11.2. The van der Waals surface area contributed by atoms with Crippen molar-refractivity contribution in [1.82, 2.24) is 0 Å². The highest BCUT2D eigenvalue weighted by Crippen LogP contribution is 2.27. The van der Waals surface area contributed by atoms with Crippen LogP contribution in [-0.4, -0.2) is 17.7 Å². The highest BCUT2D eigenvalue weighted by atomic mass is 16.3. The van der Waals surface area contributed by atoms with Gasteiger partial charge in [-0.25, -0.2) is 0 Å². The quantitative estimate of drug-likeness (QED) is 0.658. The summed E-state index contributed by atoms with van der Waals surface area (Å²) >= 11 is 0. The molecular formula is C10H13NO3. The predicted molar refractivity (Wildman–Crippen MR) is 53.7 cm³/mol. The third-order valence-corrected chi connectivity index (χ3v) is 2.95. The van der Waals surface area contributed by atoms with Gasteiger partial charge in [0.1, 0.15) is 5.69 Å². The summed E-state index contributed by atoms with van der Waals surface area (Å²) in [6.45, 7) is 2.77. The molecular weight excluding hydrogens is 182 g/mol. The van der Waals surface area contributed by atoms with Gasteiger partial charge in [0.25, 0.3) is 10.9 Å². The molecule has 1 aromatic carbocycles. The average molecular weight is 195 g/mol. The van der Waals surface area contributed by atoms with Crippen molar-refractivity contribution < 1.29 is 5.11 Å². The van der Waals surface area contributed by atoms with E-state index in [1.807, 2.05) is 11.8 Å². The Morgan fingerprint density at radius 1 is 1.29 bits per heavy atom. The van der Waals surface area contributed by atoms with Crippen molar-refractivity contribution in [1.29, 1.82) is 0 Å². The minimum Gasteiger partial charge on any atom is -0.502 e. The standard InChI is InChI=1S/C10H13NO3/c1-6-4-2-3-5-11(6)7-8(12)10(14)9(7)13/h6,12H,2-5H2,1H3/t6-/m1/s1. The topological polar surface area (TPSA) is 57.6 Å². The van der Waals surface area contributed by atoms with Gasteiger partial charge in [-0.3, -0.25) is 9.59 Å². The Morgan fingerprint density at radius 2 is 2.00 bits per heavy atom. The monoisotopic (exact) mass is 195 g/mol. The van der Waals surface area contributed by atoms with Crippen LogP contribution in [0, 0.1) is 0 Å². The molecule has 76 valence electrons. The summed E-state index contributed by atoms with van der Waals surface area (Å²) < 4.78 is 0. The summed E-state index contributed by atoms with van der Waals surface area (Å²) in [6.07, 6.45) is 3.18. The second-order valence-electron chi connectivity index (χ2n) is 3.89. The zero-order chi connectivity index (χ0) is 10.3. The van der Waals surface area contributed by atoms with Gasteiger partial charge in [-0.15, -0.1) is 0 Å². The van der Waals surface area contributed by atoms with Gasteiger partial charge in [-0.2, -0.15) is 0 Å². The number of rotatable bonds is 1. The molecule has 0 bridgehead atoms. The maximum absolute atomic E-state index is 11.2. The first kappa shape index (κ1) is 9.24. The Labute approximate surface area is 81.5 Å². The van der Waals surface area contributed by atoms with Crippen LogP contribution in [0.4, 0.5) is 5.69 Å². The molecule has 0 aromatic heterocycles. The van der Waals surface area contributed by atoms with Gasteiger partial charge in [-0.05, 0) is 26.2 Å². The van der Waals surface area contributed by atoms with E-state index in [4.69, 9.17) is 0 Å². The third kappa shape index (κ3) is 1.14. The molecule has 0 radical (unpaired) electrons. The lowest BCUT2D eigenvalue weighted by Gasteiger charge is -2.35. The lowest BCUT2D eigenvalue weighted by atomic mass is 10.0. The fourth-order valence-corrected chi connectivity index (χ4v) is 2.06. The number of piperidine rings is 1. The lowest BCUT2D eigenvalue weighted by molar-refractivity contribution is 0.439. The number of anilines is 1. The molecule has 1 N–H and O–H groups in total. The first-order chi connectivity index (χ1) is 6.63. The summed E-state index contributed by atoms with van der Waals surface area (Å²) in [6, 6.07) is 0.248. The summed E-state index contributed by atoms with van der Waals surface area (Å²) in [5.41, 5.74) is -1.03. The molecule has 1 fully saturated rings. The zero-order valence-electron chi connectivity index (χ0n) is 8.12. The summed E-state index contributed by atoms with van der Waals surface area (Å²) in [5, 5.41) is 9.28. The molecule has 14 heavy (non-hydrogen) atoms. The van der Waals surface area contributed by atoms with E-state index in [0.29, 0.717) is 0 Å². The van der Waals surface area contributed by atoms with Crippen LogP contribution in [0.2, 0.25) is 0 Å². The van der Waals surface area contributed by atoms with Crippen LogP contribution in [0.3, 0.4) is 0 Å². The molecule has 1 aromatic rings. The molecule has 1 heterocycles. The molecule has 4 heteroatoms. The Kier molecular flexibility index (Phi) is 2.06. The molecule has 1 saturated heterocycles. The molecule has 0 aliphatic carbocycles. The van der Waals surface area contributed by atoms with Crippen LogP contribution < -0.4 is 15.8 Å². The van der Waals surface area contributed by atoms with Crippen molar-refractivity contribution in [2.45, 2.75) is 32.2 Å². The Balaban J connectivity index is 2.31. The SMILES string of the molecule is C[C@@H]1CCCCN1c1c(O)c(=O)c1=O. The number of hydrogen-bond acceptors (Lipinski definition) is 4. The van der Waals surface area contributed by atoms with Crippen molar-refractivity contribution in [3.8, 4) is 5.75 Å². The first-order valence-corrected chi connectivity index (χ1v) is 4.92. The average Bonchev–Trinajstić information content (AvgIpc) is 2.21. The number of nitrogens with zero attached hydrogens (tertiary/aromatic N) is 1. The highest BCUT2D eigenvalue weighted by Gasteiger charge is 2.29. The molecule has 0 spiro atoms. The molecule has 1 atom stereocenters. The van der Waals surface area contributed by atoms with Crippen LogP contribution in [0.1, 0.15) is 26.2 Å². The zero-order valence-corrected chi connectivity index (χ0v) is 8.12. The number of aromatic hydroxyl groups is 1. The van der Waals surface area contributed by atoms with Crippen LogP contribution in [-0.2, 0) is 0 Å². The van der Waals surface area contributed by atoms with Crippen molar-refractivity contribution >= 4 is 5.69 Å². The van der Waals surface area contributed by atoms with Gasteiger partial charge in [0, 0.05) is 12.6 Å². The van der Waals surface area contributed by atoms with Crippen molar-refractivity contribution in [3.63, 3.8) is 0 Å². The van der Waals surface area contributed by atoms with E-state index in [-0.39, 0.29) is 17.5 Å². The van der Waals surface area contributed by atoms with Gasteiger partial charge >= 0.3 is 0 Å². The third-order valence-electron chi connectivity index (χ3n) is 2.95. The van der Waals surface area contributed by atoms with Crippen molar-refractivity contribution in [3.05, 3.63) is 20.4 Å². The minimum atomic E-state index is -0.738. The lowest BCUT2D eigenvalue weighted by Crippen LogP contribution is -2.46. The van der Waals surface area contributed by atoms with Gasteiger partial charge in [0.05, 0.1) is 0 Å². The molecule has 4 nitrogen and oxygen atoms in total. The molecule has 0 saturated carbocycles. The Bertz CT molecular complexity index is 417. The van der Waals surface area contributed by atoms with Crippen molar-refractivity contribution in [2.24, 2.45) is 0 Å². The maximum Gasteiger partial charge on any atom is 0.271 e.